The summed E-state index contributed by atoms with van der Waals surface area (Å²) in [6, 6.07) is 15.1. The van der Waals surface area contributed by atoms with Crippen molar-refractivity contribution in [3.05, 3.63) is 60.3 Å². The van der Waals surface area contributed by atoms with E-state index in [0.29, 0.717) is 5.56 Å². The van der Waals surface area contributed by atoms with E-state index in [2.05, 4.69) is 10.1 Å². The highest BCUT2D eigenvalue weighted by Gasteiger charge is 2.39. The molecule has 1 atom stereocenters. The van der Waals surface area contributed by atoms with Crippen LogP contribution in [0.1, 0.15) is 5.56 Å². The minimum absolute atomic E-state index is 0.642. The molecule has 4 heteroatoms. The van der Waals surface area contributed by atoms with E-state index in [9.17, 15) is 5.11 Å². The minimum atomic E-state index is -1.56. The molecular weight excluding hydrogens is 238 g/mol. The van der Waals surface area contributed by atoms with Crippen molar-refractivity contribution in [3.63, 3.8) is 0 Å². The van der Waals surface area contributed by atoms with Gasteiger partial charge in [0.15, 0.2) is 0 Å². The number of rotatable bonds is 1. The molecule has 0 spiro atoms. The third-order valence-electron chi connectivity index (χ3n) is 3.46. The Hall–Kier alpha value is -2.46. The SMILES string of the molecule is [O]C1(n2ncc3ccccc32)C=Nc2ccccc21. The predicted molar refractivity (Wildman–Crippen MR) is 72.1 cm³/mol. The van der Waals surface area contributed by atoms with Crippen LogP contribution >= 0.6 is 0 Å². The van der Waals surface area contributed by atoms with E-state index in [4.69, 9.17) is 0 Å². The highest BCUT2D eigenvalue weighted by atomic mass is 16.3. The molecule has 0 bridgehead atoms. The fourth-order valence-electron chi connectivity index (χ4n) is 2.52. The van der Waals surface area contributed by atoms with Crippen LogP contribution in [-0.2, 0) is 10.8 Å². The zero-order valence-electron chi connectivity index (χ0n) is 10.0. The van der Waals surface area contributed by atoms with Gasteiger partial charge in [-0.1, -0.05) is 36.4 Å². The summed E-state index contributed by atoms with van der Waals surface area (Å²) in [5, 5.41) is 18.4. The molecule has 0 fully saturated rings. The van der Waals surface area contributed by atoms with Crippen molar-refractivity contribution in [1.82, 2.24) is 9.78 Å². The van der Waals surface area contributed by atoms with Crippen molar-refractivity contribution >= 4 is 22.8 Å². The molecule has 2 heterocycles. The van der Waals surface area contributed by atoms with Gasteiger partial charge in [0, 0.05) is 10.9 Å². The van der Waals surface area contributed by atoms with E-state index in [0.717, 1.165) is 16.6 Å². The van der Waals surface area contributed by atoms with Gasteiger partial charge in [-0.25, -0.2) is 4.68 Å². The van der Waals surface area contributed by atoms with E-state index in [1.807, 2.05) is 48.5 Å². The van der Waals surface area contributed by atoms with E-state index in [-0.39, 0.29) is 0 Å². The summed E-state index contributed by atoms with van der Waals surface area (Å²) in [6.07, 6.45) is 3.14. The Morgan fingerprint density at radius 2 is 1.79 bits per heavy atom. The van der Waals surface area contributed by atoms with Crippen LogP contribution in [-0.4, -0.2) is 16.0 Å². The maximum Gasteiger partial charge on any atom is 0.258 e. The fraction of sp³-hybridized carbons (Fsp3) is 0.0667. The van der Waals surface area contributed by atoms with E-state index in [1.165, 1.54) is 10.9 Å². The van der Waals surface area contributed by atoms with Gasteiger partial charge in [0.25, 0.3) is 5.72 Å². The quantitative estimate of drug-likeness (QED) is 0.653. The van der Waals surface area contributed by atoms with Gasteiger partial charge in [0.1, 0.15) is 0 Å². The van der Waals surface area contributed by atoms with Gasteiger partial charge in [0.05, 0.1) is 23.6 Å². The van der Waals surface area contributed by atoms with Crippen molar-refractivity contribution in [2.24, 2.45) is 4.99 Å². The molecule has 1 aromatic heterocycles. The zero-order valence-corrected chi connectivity index (χ0v) is 10.0. The molecule has 1 aliphatic heterocycles. The fourth-order valence-corrected chi connectivity index (χ4v) is 2.52. The number of fused-ring (bicyclic) bond motifs is 2. The average molecular weight is 248 g/mol. The number of aromatic nitrogens is 2. The first-order valence-electron chi connectivity index (χ1n) is 6.07. The third kappa shape index (κ3) is 1.32. The second kappa shape index (κ2) is 3.52. The van der Waals surface area contributed by atoms with E-state index in [1.54, 1.807) is 6.20 Å². The minimum Gasteiger partial charge on any atom is -0.255 e. The van der Waals surface area contributed by atoms with Gasteiger partial charge in [-0.15, -0.1) is 0 Å². The highest BCUT2D eigenvalue weighted by molar-refractivity contribution is 5.87. The zero-order chi connectivity index (χ0) is 12.9. The molecule has 4 rings (SSSR count). The standard InChI is InChI=1S/C15H10N3O/c19-15(10-16-13-7-3-2-6-12(13)15)18-14-8-4-1-5-11(14)9-17-18/h1-10H. The first kappa shape index (κ1) is 10.5. The summed E-state index contributed by atoms with van der Waals surface area (Å²) < 4.78 is 1.50. The number of para-hydroxylation sites is 2. The summed E-state index contributed by atoms with van der Waals surface area (Å²) in [6.45, 7) is 0. The Morgan fingerprint density at radius 3 is 2.74 bits per heavy atom. The van der Waals surface area contributed by atoms with Crippen LogP contribution in [0.15, 0.2) is 59.7 Å². The molecule has 2 aromatic carbocycles. The molecule has 0 aliphatic carbocycles. The molecular formula is C15H10N3O. The lowest BCUT2D eigenvalue weighted by Crippen LogP contribution is -2.33. The second-order valence-corrected chi connectivity index (χ2v) is 4.59. The molecule has 4 nitrogen and oxygen atoms in total. The van der Waals surface area contributed by atoms with Gasteiger partial charge < -0.3 is 0 Å². The van der Waals surface area contributed by atoms with Gasteiger partial charge in [-0.3, -0.25) is 4.99 Å². The Kier molecular flexibility index (Phi) is 1.94. The van der Waals surface area contributed by atoms with Crippen molar-refractivity contribution in [2.45, 2.75) is 5.72 Å². The smallest absolute Gasteiger partial charge is 0.255 e. The number of hydrogen-bond acceptors (Lipinski definition) is 2. The molecule has 91 valence electrons. The Bertz CT molecular complexity index is 806. The van der Waals surface area contributed by atoms with E-state index < -0.39 is 5.72 Å². The average Bonchev–Trinajstić information content (AvgIpc) is 3.02. The van der Waals surface area contributed by atoms with Gasteiger partial charge in [-0.2, -0.15) is 10.2 Å². The van der Waals surface area contributed by atoms with Crippen LogP contribution < -0.4 is 0 Å². The summed E-state index contributed by atoms with van der Waals surface area (Å²) in [5.74, 6) is 0. The maximum atomic E-state index is 13.2. The number of hydrogen-bond donors (Lipinski definition) is 0. The molecule has 0 saturated carbocycles. The Morgan fingerprint density at radius 1 is 1.00 bits per heavy atom. The van der Waals surface area contributed by atoms with Crippen LogP contribution in [0.25, 0.3) is 10.9 Å². The molecule has 3 aromatic rings. The van der Waals surface area contributed by atoms with Crippen molar-refractivity contribution in [3.8, 4) is 0 Å². The van der Waals surface area contributed by atoms with Crippen LogP contribution in [0.4, 0.5) is 5.69 Å². The van der Waals surface area contributed by atoms with Gasteiger partial charge >= 0.3 is 0 Å². The lowest BCUT2D eigenvalue weighted by molar-refractivity contribution is 0.00376. The summed E-state index contributed by atoms with van der Waals surface area (Å²) in [4.78, 5) is 4.22. The van der Waals surface area contributed by atoms with Crippen LogP contribution in [0.3, 0.4) is 0 Å². The summed E-state index contributed by atoms with van der Waals surface area (Å²) in [7, 11) is 0. The summed E-state index contributed by atoms with van der Waals surface area (Å²) >= 11 is 0. The molecule has 19 heavy (non-hydrogen) atoms. The van der Waals surface area contributed by atoms with Crippen molar-refractivity contribution in [1.29, 1.82) is 0 Å². The van der Waals surface area contributed by atoms with Crippen LogP contribution in [0.2, 0.25) is 0 Å². The predicted octanol–water partition coefficient (Wildman–Crippen LogP) is 2.88. The second-order valence-electron chi connectivity index (χ2n) is 4.59. The highest BCUT2D eigenvalue weighted by Crippen LogP contribution is 2.37. The molecule has 1 aliphatic rings. The van der Waals surface area contributed by atoms with Gasteiger partial charge in [-0.05, 0) is 12.1 Å². The largest absolute Gasteiger partial charge is 0.258 e. The van der Waals surface area contributed by atoms with Gasteiger partial charge in [0.2, 0.25) is 0 Å². The Labute approximate surface area is 109 Å². The van der Waals surface area contributed by atoms with Crippen LogP contribution in [0, 0.1) is 0 Å². The summed E-state index contributed by atoms with van der Waals surface area (Å²) in [5.41, 5.74) is 0.626. The lowest BCUT2D eigenvalue weighted by Gasteiger charge is -2.20. The molecule has 0 saturated heterocycles. The lowest BCUT2D eigenvalue weighted by atomic mass is 10.0. The monoisotopic (exact) mass is 248 g/mol. The number of benzene rings is 2. The van der Waals surface area contributed by atoms with Crippen LogP contribution in [0.5, 0.6) is 0 Å². The third-order valence-corrected chi connectivity index (χ3v) is 3.46. The normalized spacial score (nSPS) is 20.9. The Balaban J connectivity index is 2.01. The number of nitrogens with zero attached hydrogens (tertiary/aromatic N) is 3. The molecule has 0 amide bonds. The maximum absolute atomic E-state index is 13.2. The van der Waals surface area contributed by atoms with E-state index >= 15 is 0 Å². The molecule has 0 N–H and O–H groups in total. The first-order chi connectivity index (χ1) is 9.29. The van der Waals surface area contributed by atoms with Crippen molar-refractivity contribution in [2.75, 3.05) is 0 Å². The topological polar surface area (TPSA) is 50.1 Å². The molecule has 1 radical (unpaired) electrons. The first-order valence-corrected chi connectivity index (χ1v) is 6.07. The molecule has 1 unspecified atom stereocenters. The number of aliphatic imine (C=N–C) groups is 1. The van der Waals surface area contributed by atoms with Crippen molar-refractivity contribution < 1.29 is 5.11 Å².